The number of carbonyl (C=O) groups is 2. The van der Waals surface area contributed by atoms with Crippen LogP contribution < -0.4 is 0 Å². The smallest absolute Gasteiger partial charge is 0.306 e. The van der Waals surface area contributed by atoms with Gasteiger partial charge in [0.2, 0.25) is 0 Å². The molecule has 6 nitrogen and oxygen atoms in total. The maximum absolute atomic E-state index is 12.7. The first-order valence-electron chi connectivity index (χ1n) is 22.7. The van der Waals surface area contributed by atoms with Crippen LogP contribution in [0.15, 0.2) is 0 Å². The van der Waals surface area contributed by atoms with E-state index in [0.29, 0.717) is 25.4 Å². The summed E-state index contributed by atoms with van der Waals surface area (Å²) in [5.74, 6) is 3.40. The minimum atomic E-state index is -0.395. The number of esters is 2. The Morgan fingerprint density at radius 1 is 0.673 bits per heavy atom. The summed E-state index contributed by atoms with van der Waals surface area (Å²) in [4.78, 5) is 27.6. The monoisotopic (exact) mass is 734 g/mol. The maximum Gasteiger partial charge on any atom is 0.306 e. The van der Waals surface area contributed by atoms with Gasteiger partial charge in [-0.1, -0.05) is 118 Å². The molecule has 0 radical (unpaired) electrons. The van der Waals surface area contributed by atoms with Crippen LogP contribution in [-0.2, 0) is 19.1 Å². The normalized spacial score (nSPS) is 18.7. The van der Waals surface area contributed by atoms with Gasteiger partial charge in [-0.05, 0) is 133 Å². The van der Waals surface area contributed by atoms with E-state index >= 15 is 0 Å². The van der Waals surface area contributed by atoms with Gasteiger partial charge in [0, 0.05) is 19.4 Å². The Kier molecular flexibility index (Phi) is 24.8. The van der Waals surface area contributed by atoms with Crippen molar-refractivity contribution in [3.8, 4) is 0 Å². The maximum atomic E-state index is 12.7. The lowest BCUT2D eigenvalue weighted by Crippen LogP contribution is -2.52. The number of carbonyl (C=O) groups excluding carboxylic acids is 2. The Balaban J connectivity index is 1.50. The van der Waals surface area contributed by atoms with E-state index in [2.05, 4.69) is 46.4 Å². The highest BCUT2D eigenvalue weighted by Gasteiger charge is 2.53. The van der Waals surface area contributed by atoms with E-state index in [-0.39, 0.29) is 24.0 Å². The molecule has 52 heavy (non-hydrogen) atoms. The summed E-state index contributed by atoms with van der Waals surface area (Å²) in [7, 11) is 0. The lowest BCUT2D eigenvalue weighted by molar-refractivity contribution is -0.165. The highest BCUT2D eigenvalue weighted by atomic mass is 16.6. The van der Waals surface area contributed by atoms with Crippen LogP contribution in [0.25, 0.3) is 0 Å². The molecule has 0 amide bonds. The molecule has 0 bridgehead atoms. The summed E-state index contributed by atoms with van der Waals surface area (Å²) in [5.41, 5.74) is -0.160. The van der Waals surface area contributed by atoms with Gasteiger partial charge in [0.1, 0.15) is 5.60 Å². The van der Waals surface area contributed by atoms with E-state index in [1.807, 2.05) is 0 Å². The second-order valence-electron chi connectivity index (χ2n) is 18.4. The molecule has 0 saturated heterocycles. The van der Waals surface area contributed by atoms with Gasteiger partial charge in [0.25, 0.3) is 0 Å². The summed E-state index contributed by atoms with van der Waals surface area (Å²) >= 11 is 0. The molecular weight excluding hydrogens is 647 g/mol. The Bertz CT molecular complexity index is 908. The minimum absolute atomic E-state index is 0.00959. The van der Waals surface area contributed by atoms with E-state index < -0.39 is 5.60 Å². The van der Waals surface area contributed by atoms with E-state index in [1.54, 1.807) is 0 Å². The van der Waals surface area contributed by atoms with Gasteiger partial charge in [-0.3, -0.25) is 9.59 Å². The fraction of sp³-hybridized carbons (Fsp3) is 0.957. The SMILES string of the molecule is CCCCCC(CCCCC)CCOC(=O)CCCCCCCN(CCCCO)CCCCCCCC(=O)OC(C)(C)CC(C)(C)C1C[C@@H]2CC[C@H]12. The predicted octanol–water partition coefficient (Wildman–Crippen LogP) is 12.2. The van der Waals surface area contributed by atoms with Gasteiger partial charge in [-0.2, -0.15) is 0 Å². The first-order chi connectivity index (χ1) is 25.0. The molecule has 2 aliphatic carbocycles. The number of rotatable bonds is 35. The topological polar surface area (TPSA) is 76.1 Å². The first kappa shape index (κ1) is 47.0. The van der Waals surface area contributed by atoms with E-state index in [4.69, 9.17) is 9.47 Å². The van der Waals surface area contributed by atoms with Crippen molar-refractivity contribution in [2.75, 3.05) is 32.8 Å². The Morgan fingerprint density at radius 2 is 1.21 bits per heavy atom. The second kappa shape index (κ2) is 27.4. The lowest BCUT2D eigenvalue weighted by Gasteiger charge is -2.59. The van der Waals surface area contributed by atoms with Crippen LogP contribution in [0.1, 0.15) is 215 Å². The Labute approximate surface area is 322 Å². The lowest BCUT2D eigenvalue weighted by atomic mass is 9.46. The van der Waals surface area contributed by atoms with E-state index in [1.165, 1.54) is 109 Å². The standard InChI is InChI=1S/C46H87NO5/c1-7-9-17-25-39(26-18-10-8-2)31-36-51-43(49)27-19-13-11-15-21-32-47(34-23-24-35-48)33-22-16-12-14-20-28-44(50)52-46(5,6)38-45(3,4)42-37-40-29-30-41(40)42/h39-42,48H,7-38H2,1-6H3/t40-,41-,42?/m0/s1. The molecule has 0 aliphatic heterocycles. The third-order valence-electron chi connectivity index (χ3n) is 12.6. The highest BCUT2D eigenvalue weighted by molar-refractivity contribution is 5.70. The van der Waals surface area contributed by atoms with Crippen LogP contribution in [0.5, 0.6) is 0 Å². The van der Waals surface area contributed by atoms with Crippen molar-refractivity contribution < 1.29 is 24.2 Å². The molecule has 6 heteroatoms. The third-order valence-corrected chi connectivity index (χ3v) is 12.6. The molecule has 1 N–H and O–H groups in total. The van der Waals surface area contributed by atoms with Gasteiger partial charge < -0.3 is 19.5 Å². The Hall–Kier alpha value is -1.14. The van der Waals surface area contributed by atoms with E-state index in [9.17, 15) is 14.7 Å². The van der Waals surface area contributed by atoms with Crippen LogP contribution in [0.2, 0.25) is 0 Å². The molecule has 306 valence electrons. The predicted molar refractivity (Wildman–Crippen MR) is 218 cm³/mol. The van der Waals surface area contributed by atoms with Crippen LogP contribution >= 0.6 is 0 Å². The van der Waals surface area contributed by atoms with Crippen molar-refractivity contribution in [2.24, 2.45) is 29.1 Å². The molecule has 0 heterocycles. The van der Waals surface area contributed by atoms with Gasteiger partial charge in [0.05, 0.1) is 6.61 Å². The minimum Gasteiger partial charge on any atom is -0.466 e. The van der Waals surface area contributed by atoms with Crippen LogP contribution in [0.4, 0.5) is 0 Å². The molecule has 0 aromatic rings. The molecule has 0 aromatic heterocycles. The fourth-order valence-electron chi connectivity index (χ4n) is 9.51. The summed E-state index contributed by atoms with van der Waals surface area (Å²) in [5, 5.41) is 9.28. The number of unbranched alkanes of at least 4 members (excludes halogenated alkanes) is 13. The van der Waals surface area contributed by atoms with Crippen molar-refractivity contribution in [1.29, 1.82) is 0 Å². The van der Waals surface area contributed by atoms with Gasteiger partial charge >= 0.3 is 11.9 Å². The third kappa shape index (κ3) is 20.5. The zero-order chi connectivity index (χ0) is 38.1. The van der Waals surface area contributed by atoms with Crippen LogP contribution in [-0.4, -0.2) is 60.4 Å². The molecule has 1 unspecified atom stereocenters. The summed E-state index contributed by atoms with van der Waals surface area (Å²) in [6.45, 7) is 17.7. The number of fused-ring (bicyclic) bond motifs is 1. The molecule has 0 aromatic carbocycles. The molecule has 2 fully saturated rings. The molecule has 2 aliphatic rings. The van der Waals surface area contributed by atoms with Crippen LogP contribution in [0.3, 0.4) is 0 Å². The fourth-order valence-corrected chi connectivity index (χ4v) is 9.51. The average molecular weight is 734 g/mol. The van der Waals surface area contributed by atoms with Crippen molar-refractivity contribution in [3.63, 3.8) is 0 Å². The summed E-state index contributed by atoms with van der Waals surface area (Å²) in [6.07, 6.45) is 30.7. The zero-order valence-electron chi connectivity index (χ0n) is 35.5. The molecule has 2 saturated carbocycles. The molecular formula is C46H87NO5. The number of hydrogen-bond acceptors (Lipinski definition) is 6. The number of aliphatic hydroxyl groups excluding tert-OH is 1. The van der Waals surface area contributed by atoms with Crippen LogP contribution in [0, 0.1) is 29.1 Å². The summed E-state index contributed by atoms with van der Waals surface area (Å²) in [6, 6.07) is 0. The van der Waals surface area contributed by atoms with Crippen molar-refractivity contribution in [3.05, 3.63) is 0 Å². The van der Waals surface area contributed by atoms with Crippen molar-refractivity contribution in [1.82, 2.24) is 4.90 Å². The number of ether oxygens (including phenoxy) is 2. The van der Waals surface area contributed by atoms with E-state index in [0.717, 1.165) is 88.8 Å². The Morgan fingerprint density at radius 3 is 1.71 bits per heavy atom. The highest BCUT2D eigenvalue weighted by Crippen LogP contribution is 2.61. The van der Waals surface area contributed by atoms with Gasteiger partial charge in [-0.25, -0.2) is 0 Å². The summed E-state index contributed by atoms with van der Waals surface area (Å²) < 4.78 is 11.7. The van der Waals surface area contributed by atoms with Crippen molar-refractivity contribution in [2.45, 2.75) is 221 Å². The number of aliphatic hydroxyl groups is 1. The van der Waals surface area contributed by atoms with Gasteiger partial charge in [-0.15, -0.1) is 0 Å². The number of nitrogens with zero attached hydrogens (tertiary/aromatic N) is 1. The average Bonchev–Trinajstić information content (AvgIpc) is 3.07. The molecule has 2 rings (SSSR count). The first-order valence-corrected chi connectivity index (χ1v) is 22.7. The van der Waals surface area contributed by atoms with Gasteiger partial charge in [0.15, 0.2) is 0 Å². The van der Waals surface area contributed by atoms with Crippen molar-refractivity contribution >= 4 is 11.9 Å². The quantitative estimate of drug-likeness (QED) is 0.0516. The largest absolute Gasteiger partial charge is 0.466 e. The zero-order valence-corrected chi connectivity index (χ0v) is 35.5. The number of hydrogen-bond donors (Lipinski definition) is 1. The molecule has 0 spiro atoms. The molecule has 3 atom stereocenters. The second-order valence-corrected chi connectivity index (χ2v) is 18.4.